The summed E-state index contributed by atoms with van der Waals surface area (Å²) in [4.78, 5) is 37.0. The molecule has 0 unspecified atom stereocenters. The number of esters is 1. The number of benzene rings is 2. The van der Waals surface area contributed by atoms with Gasteiger partial charge in [0.25, 0.3) is 11.6 Å². The molecule has 0 bridgehead atoms. The first-order valence-corrected chi connectivity index (χ1v) is 9.89. The Balaban J connectivity index is 1.75. The quantitative estimate of drug-likeness (QED) is 0.373. The Labute approximate surface area is 190 Å². The number of halogens is 4. The Kier molecular flexibility index (Phi) is 7.39. The van der Waals surface area contributed by atoms with Crippen molar-refractivity contribution in [2.45, 2.75) is 6.18 Å². The number of hydrogen-bond donors (Lipinski definition) is 1. The zero-order valence-electron chi connectivity index (χ0n) is 16.9. The van der Waals surface area contributed by atoms with E-state index in [0.29, 0.717) is 38.1 Å². The number of hydrogen-bond acceptors (Lipinski definition) is 7. The van der Waals surface area contributed by atoms with Gasteiger partial charge in [-0.25, -0.2) is 4.79 Å². The summed E-state index contributed by atoms with van der Waals surface area (Å²) in [6.07, 6.45) is -4.78. The van der Waals surface area contributed by atoms with Crippen molar-refractivity contribution in [1.82, 2.24) is 0 Å². The number of ether oxygens (including phenoxy) is 2. The fourth-order valence-electron chi connectivity index (χ4n) is 3.14. The third-order valence-electron chi connectivity index (χ3n) is 4.66. The highest BCUT2D eigenvalue weighted by Gasteiger charge is 2.34. The SMILES string of the molecule is O=C(COC(=O)c1cc([N+](=O)[O-])ccc1N1CCOCC1)Nc1ccc(Cl)cc1C(F)(F)F. The van der Waals surface area contributed by atoms with E-state index < -0.39 is 40.8 Å². The van der Waals surface area contributed by atoms with E-state index in [-0.39, 0.29) is 16.3 Å². The minimum absolute atomic E-state index is 0.152. The van der Waals surface area contributed by atoms with Crippen LogP contribution in [0.4, 0.5) is 30.2 Å². The third kappa shape index (κ3) is 6.11. The Morgan fingerprint density at radius 2 is 1.88 bits per heavy atom. The molecule has 1 fully saturated rings. The van der Waals surface area contributed by atoms with Crippen LogP contribution in [-0.4, -0.2) is 49.7 Å². The number of alkyl halides is 3. The van der Waals surface area contributed by atoms with Gasteiger partial charge in [0, 0.05) is 30.2 Å². The number of nitrogens with one attached hydrogen (secondary N) is 1. The van der Waals surface area contributed by atoms with Crippen molar-refractivity contribution in [3.63, 3.8) is 0 Å². The molecule has 2 aromatic carbocycles. The van der Waals surface area contributed by atoms with Gasteiger partial charge in [0.1, 0.15) is 0 Å². The summed E-state index contributed by atoms with van der Waals surface area (Å²) in [6, 6.07) is 6.43. The zero-order valence-corrected chi connectivity index (χ0v) is 17.6. The molecule has 0 atom stereocenters. The second-order valence-electron chi connectivity index (χ2n) is 6.87. The highest BCUT2D eigenvalue weighted by molar-refractivity contribution is 6.30. The van der Waals surface area contributed by atoms with E-state index in [2.05, 4.69) is 0 Å². The number of nitrogens with zero attached hydrogens (tertiary/aromatic N) is 2. The standard InChI is InChI=1S/C20H17ClF3N3O6/c21-12-1-3-16(15(9-12)20(22,23)24)25-18(28)11-33-19(29)14-10-13(27(30)31)2-4-17(14)26-5-7-32-8-6-26/h1-4,9-10H,5-8,11H2,(H,25,28). The van der Waals surface area contributed by atoms with Crippen molar-refractivity contribution in [1.29, 1.82) is 0 Å². The van der Waals surface area contributed by atoms with Crippen molar-refractivity contribution < 1.29 is 37.2 Å². The minimum Gasteiger partial charge on any atom is -0.452 e. The van der Waals surface area contributed by atoms with E-state index in [9.17, 15) is 32.9 Å². The van der Waals surface area contributed by atoms with E-state index in [4.69, 9.17) is 21.1 Å². The van der Waals surface area contributed by atoms with Crippen LogP contribution >= 0.6 is 11.6 Å². The molecule has 1 aliphatic rings. The summed E-state index contributed by atoms with van der Waals surface area (Å²) < 4.78 is 49.7. The van der Waals surface area contributed by atoms with Gasteiger partial charge in [0.05, 0.1) is 40.6 Å². The Hall–Kier alpha value is -3.38. The number of carbonyl (C=O) groups excluding carboxylic acids is 2. The number of morpholine rings is 1. The third-order valence-corrected chi connectivity index (χ3v) is 4.89. The van der Waals surface area contributed by atoms with Crippen LogP contribution in [0.25, 0.3) is 0 Å². The van der Waals surface area contributed by atoms with Crippen LogP contribution in [0.15, 0.2) is 36.4 Å². The van der Waals surface area contributed by atoms with E-state index in [1.807, 2.05) is 5.32 Å². The summed E-state index contributed by atoms with van der Waals surface area (Å²) in [5.41, 5.74) is -1.88. The molecule has 1 heterocycles. The van der Waals surface area contributed by atoms with Gasteiger partial charge in [0.15, 0.2) is 6.61 Å². The molecular formula is C20H17ClF3N3O6. The fourth-order valence-corrected chi connectivity index (χ4v) is 3.31. The molecule has 176 valence electrons. The van der Waals surface area contributed by atoms with Gasteiger partial charge in [-0.1, -0.05) is 11.6 Å². The van der Waals surface area contributed by atoms with Crippen LogP contribution in [0.5, 0.6) is 0 Å². The predicted octanol–water partition coefficient (Wildman–Crippen LogP) is 3.90. The lowest BCUT2D eigenvalue weighted by Gasteiger charge is -2.30. The first-order chi connectivity index (χ1) is 15.6. The number of non-ortho nitro benzene ring substituents is 1. The summed E-state index contributed by atoms with van der Waals surface area (Å²) >= 11 is 5.60. The summed E-state index contributed by atoms with van der Waals surface area (Å²) in [5.74, 6) is -2.07. The van der Waals surface area contributed by atoms with Gasteiger partial charge in [-0.3, -0.25) is 14.9 Å². The average molecular weight is 488 g/mol. The van der Waals surface area contributed by atoms with Crippen LogP contribution in [0.3, 0.4) is 0 Å². The number of nitro groups is 1. The van der Waals surface area contributed by atoms with E-state index in [1.165, 1.54) is 12.1 Å². The lowest BCUT2D eigenvalue weighted by atomic mass is 10.1. The molecule has 3 rings (SSSR count). The van der Waals surface area contributed by atoms with Gasteiger partial charge in [0.2, 0.25) is 0 Å². The second kappa shape index (κ2) is 10.0. The average Bonchev–Trinajstić information content (AvgIpc) is 2.78. The zero-order chi connectivity index (χ0) is 24.2. The van der Waals surface area contributed by atoms with Crippen molar-refractivity contribution >= 4 is 40.5 Å². The molecule has 0 aliphatic carbocycles. The van der Waals surface area contributed by atoms with Crippen molar-refractivity contribution in [3.8, 4) is 0 Å². The van der Waals surface area contributed by atoms with Crippen molar-refractivity contribution in [3.05, 3.63) is 62.7 Å². The van der Waals surface area contributed by atoms with E-state index in [0.717, 1.165) is 18.2 Å². The van der Waals surface area contributed by atoms with E-state index >= 15 is 0 Å². The number of amides is 1. The molecule has 13 heteroatoms. The molecule has 0 saturated carbocycles. The Bertz CT molecular complexity index is 1070. The van der Waals surface area contributed by atoms with Crippen LogP contribution in [0.2, 0.25) is 5.02 Å². The largest absolute Gasteiger partial charge is 0.452 e. The molecule has 2 aromatic rings. The molecule has 1 amide bonds. The Morgan fingerprint density at radius 1 is 1.18 bits per heavy atom. The maximum Gasteiger partial charge on any atom is 0.418 e. The maximum absolute atomic E-state index is 13.2. The monoisotopic (exact) mass is 487 g/mol. The number of rotatable bonds is 6. The van der Waals surface area contributed by atoms with Crippen LogP contribution in [-0.2, 0) is 20.4 Å². The Morgan fingerprint density at radius 3 is 2.52 bits per heavy atom. The molecule has 33 heavy (non-hydrogen) atoms. The number of anilines is 2. The van der Waals surface area contributed by atoms with Crippen molar-refractivity contribution in [2.75, 3.05) is 43.1 Å². The smallest absolute Gasteiger partial charge is 0.418 e. The summed E-state index contributed by atoms with van der Waals surface area (Å²) in [6.45, 7) is 0.710. The first kappa shape index (κ1) is 24.3. The highest BCUT2D eigenvalue weighted by Crippen LogP contribution is 2.36. The predicted molar refractivity (Wildman–Crippen MR) is 111 cm³/mol. The van der Waals surface area contributed by atoms with Gasteiger partial charge in [-0.05, 0) is 24.3 Å². The number of carbonyl (C=O) groups is 2. The molecule has 1 N–H and O–H groups in total. The molecular weight excluding hydrogens is 471 g/mol. The van der Waals surface area contributed by atoms with Gasteiger partial charge in [-0.15, -0.1) is 0 Å². The minimum atomic E-state index is -4.78. The lowest BCUT2D eigenvalue weighted by Crippen LogP contribution is -2.37. The molecule has 0 aromatic heterocycles. The molecule has 0 radical (unpaired) electrons. The molecule has 9 nitrogen and oxygen atoms in total. The lowest BCUT2D eigenvalue weighted by molar-refractivity contribution is -0.384. The topological polar surface area (TPSA) is 111 Å². The van der Waals surface area contributed by atoms with Crippen LogP contribution in [0.1, 0.15) is 15.9 Å². The van der Waals surface area contributed by atoms with Gasteiger partial charge < -0.3 is 19.7 Å². The highest BCUT2D eigenvalue weighted by atomic mass is 35.5. The summed E-state index contributed by atoms with van der Waals surface area (Å²) in [7, 11) is 0. The molecule has 1 aliphatic heterocycles. The van der Waals surface area contributed by atoms with Crippen LogP contribution < -0.4 is 10.2 Å². The fraction of sp³-hybridized carbons (Fsp3) is 0.300. The van der Waals surface area contributed by atoms with Gasteiger partial charge >= 0.3 is 12.1 Å². The maximum atomic E-state index is 13.2. The first-order valence-electron chi connectivity index (χ1n) is 9.51. The van der Waals surface area contributed by atoms with E-state index in [1.54, 1.807) is 4.90 Å². The van der Waals surface area contributed by atoms with Crippen molar-refractivity contribution in [2.24, 2.45) is 0 Å². The molecule has 1 saturated heterocycles. The summed E-state index contributed by atoms with van der Waals surface area (Å²) in [5, 5.41) is 13.0. The normalized spacial score (nSPS) is 14.0. The number of nitro benzene ring substituents is 1. The second-order valence-corrected chi connectivity index (χ2v) is 7.31. The van der Waals surface area contributed by atoms with Crippen LogP contribution in [0, 0.1) is 10.1 Å². The van der Waals surface area contributed by atoms with Gasteiger partial charge in [-0.2, -0.15) is 13.2 Å². The molecule has 0 spiro atoms.